The lowest BCUT2D eigenvalue weighted by Gasteiger charge is -2.28. The van der Waals surface area contributed by atoms with Crippen molar-refractivity contribution in [3.05, 3.63) is 54.2 Å². The van der Waals surface area contributed by atoms with Crippen molar-refractivity contribution in [1.82, 2.24) is 35.5 Å². The van der Waals surface area contributed by atoms with Crippen LogP contribution >= 0.6 is 0 Å². The Morgan fingerprint density at radius 2 is 1.87 bits per heavy atom. The van der Waals surface area contributed by atoms with Gasteiger partial charge in [-0.2, -0.15) is 5.10 Å². The molecule has 5 heterocycles. The number of imidazole rings is 1. The highest BCUT2D eigenvalue weighted by Gasteiger charge is 2.20. The maximum atomic E-state index is 15.3. The number of anilines is 1. The molecule has 1 saturated carbocycles. The first-order chi connectivity index (χ1) is 19.2. The van der Waals surface area contributed by atoms with E-state index in [1.165, 1.54) is 51.0 Å². The summed E-state index contributed by atoms with van der Waals surface area (Å²) >= 11 is 0. The Morgan fingerprint density at radius 3 is 2.74 bits per heavy atom. The van der Waals surface area contributed by atoms with Crippen LogP contribution in [0.25, 0.3) is 44.7 Å². The van der Waals surface area contributed by atoms with Crippen LogP contribution in [-0.2, 0) is 6.54 Å². The van der Waals surface area contributed by atoms with Crippen LogP contribution in [0.4, 0.5) is 10.1 Å². The maximum Gasteiger partial charge on any atom is 0.180 e. The summed E-state index contributed by atoms with van der Waals surface area (Å²) < 4.78 is 15.3. The van der Waals surface area contributed by atoms with Crippen molar-refractivity contribution in [1.29, 1.82) is 0 Å². The SMILES string of the molecule is Fc1cc(-c2cncc(CNCC3CCCC3)c2)cc2c(-c3nc4nccc(N5CCCCC5)c4[nH]3)[nH]nc12. The minimum absolute atomic E-state index is 0.292. The molecule has 0 atom stereocenters. The fourth-order valence-corrected chi connectivity index (χ4v) is 6.21. The number of pyridine rings is 2. The van der Waals surface area contributed by atoms with Gasteiger partial charge in [0.25, 0.3) is 0 Å². The van der Waals surface area contributed by atoms with Crippen LogP contribution in [0, 0.1) is 11.7 Å². The Balaban J connectivity index is 1.20. The van der Waals surface area contributed by atoms with Crippen molar-refractivity contribution in [2.45, 2.75) is 51.5 Å². The third-order valence-corrected chi connectivity index (χ3v) is 8.28. The first kappa shape index (κ1) is 24.2. The van der Waals surface area contributed by atoms with Crippen molar-refractivity contribution in [3.63, 3.8) is 0 Å². The molecule has 1 aliphatic carbocycles. The second kappa shape index (κ2) is 10.4. The number of rotatable bonds is 7. The van der Waals surface area contributed by atoms with Gasteiger partial charge in [0, 0.05) is 49.2 Å². The predicted molar refractivity (Wildman–Crippen MR) is 152 cm³/mol. The molecular weight excluding hydrogens is 491 g/mol. The molecule has 1 aromatic carbocycles. The molecule has 9 heteroatoms. The van der Waals surface area contributed by atoms with E-state index in [9.17, 15) is 0 Å². The van der Waals surface area contributed by atoms with Gasteiger partial charge in [-0.15, -0.1) is 0 Å². The van der Waals surface area contributed by atoms with Gasteiger partial charge in [-0.1, -0.05) is 12.8 Å². The van der Waals surface area contributed by atoms with Crippen molar-refractivity contribution in [3.8, 4) is 22.6 Å². The maximum absolute atomic E-state index is 15.3. The third-order valence-electron chi connectivity index (χ3n) is 8.28. The lowest BCUT2D eigenvalue weighted by atomic mass is 10.0. The molecule has 2 aliphatic rings. The predicted octanol–water partition coefficient (Wildman–Crippen LogP) is 5.97. The highest BCUT2D eigenvalue weighted by atomic mass is 19.1. The summed E-state index contributed by atoms with van der Waals surface area (Å²) in [7, 11) is 0. The summed E-state index contributed by atoms with van der Waals surface area (Å²) in [5.74, 6) is 1.00. The Hall–Kier alpha value is -3.85. The molecule has 3 N–H and O–H groups in total. The first-order valence-corrected chi connectivity index (χ1v) is 14.2. The normalized spacial score (nSPS) is 16.6. The lowest BCUT2D eigenvalue weighted by Crippen LogP contribution is -2.29. The summed E-state index contributed by atoms with van der Waals surface area (Å²) in [5.41, 5.74) is 6.32. The lowest BCUT2D eigenvalue weighted by molar-refractivity contribution is 0.489. The zero-order chi connectivity index (χ0) is 26.2. The molecule has 0 amide bonds. The van der Waals surface area contributed by atoms with Crippen molar-refractivity contribution >= 4 is 27.8 Å². The van der Waals surface area contributed by atoms with Gasteiger partial charge in [-0.05, 0) is 80.0 Å². The second-order valence-electron chi connectivity index (χ2n) is 11.0. The summed E-state index contributed by atoms with van der Waals surface area (Å²) in [6.07, 6.45) is 14.4. The minimum atomic E-state index is -0.377. The fourth-order valence-electron chi connectivity index (χ4n) is 6.21. The molecule has 200 valence electrons. The number of nitrogens with one attached hydrogen (secondary N) is 3. The van der Waals surface area contributed by atoms with E-state index in [0.717, 1.165) is 60.0 Å². The molecule has 0 unspecified atom stereocenters. The van der Waals surface area contributed by atoms with E-state index in [0.29, 0.717) is 28.1 Å². The summed E-state index contributed by atoms with van der Waals surface area (Å²) in [5, 5.41) is 11.6. The topological polar surface area (TPSA) is 98.4 Å². The van der Waals surface area contributed by atoms with Crippen LogP contribution in [0.15, 0.2) is 42.9 Å². The van der Waals surface area contributed by atoms with Gasteiger partial charge in [0.2, 0.25) is 0 Å². The van der Waals surface area contributed by atoms with Crippen LogP contribution in [-0.4, -0.2) is 49.8 Å². The largest absolute Gasteiger partial charge is 0.370 e. The summed E-state index contributed by atoms with van der Waals surface area (Å²) in [6, 6.07) is 7.64. The number of aromatic amines is 2. The average Bonchev–Trinajstić information content (AvgIpc) is 3.73. The molecule has 7 rings (SSSR count). The van der Waals surface area contributed by atoms with Gasteiger partial charge < -0.3 is 15.2 Å². The van der Waals surface area contributed by atoms with Crippen LogP contribution in [0.3, 0.4) is 0 Å². The molecule has 0 spiro atoms. The molecule has 5 aromatic rings. The Labute approximate surface area is 226 Å². The second-order valence-corrected chi connectivity index (χ2v) is 11.0. The molecule has 4 aromatic heterocycles. The summed E-state index contributed by atoms with van der Waals surface area (Å²) in [4.78, 5) is 19.6. The van der Waals surface area contributed by atoms with Crippen LogP contribution in [0.5, 0.6) is 0 Å². The molecular formula is C30H33FN8. The summed E-state index contributed by atoms with van der Waals surface area (Å²) in [6.45, 7) is 3.84. The molecule has 1 aliphatic heterocycles. The molecule has 0 bridgehead atoms. The number of halogens is 1. The van der Waals surface area contributed by atoms with E-state index >= 15 is 4.39 Å². The highest BCUT2D eigenvalue weighted by Crippen LogP contribution is 2.34. The fraction of sp³-hybridized carbons (Fsp3) is 0.400. The number of piperidine rings is 1. The van der Waals surface area contributed by atoms with E-state index in [2.05, 4.69) is 41.4 Å². The number of hydrogen-bond acceptors (Lipinski definition) is 6. The van der Waals surface area contributed by atoms with Gasteiger partial charge in [0.15, 0.2) is 17.3 Å². The quantitative estimate of drug-likeness (QED) is 0.243. The first-order valence-electron chi connectivity index (χ1n) is 14.2. The zero-order valence-corrected chi connectivity index (χ0v) is 22.0. The van der Waals surface area contributed by atoms with Crippen molar-refractivity contribution in [2.75, 3.05) is 24.5 Å². The van der Waals surface area contributed by atoms with E-state index in [1.807, 2.05) is 24.5 Å². The number of aromatic nitrogens is 6. The van der Waals surface area contributed by atoms with Crippen LogP contribution < -0.4 is 10.2 Å². The Kier molecular flexibility index (Phi) is 6.44. The smallest absolute Gasteiger partial charge is 0.180 e. The van der Waals surface area contributed by atoms with Gasteiger partial charge in [-0.25, -0.2) is 14.4 Å². The molecule has 1 saturated heterocycles. The van der Waals surface area contributed by atoms with Crippen molar-refractivity contribution < 1.29 is 4.39 Å². The molecule has 0 radical (unpaired) electrons. The minimum Gasteiger partial charge on any atom is -0.370 e. The van der Waals surface area contributed by atoms with Crippen LogP contribution in [0.1, 0.15) is 50.5 Å². The highest BCUT2D eigenvalue weighted by molar-refractivity contribution is 5.97. The average molecular weight is 525 g/mol. The molecule has 39 heavy (non-hydrogen) atoms. The number of benzene rings is 1. The van der Waals surface area contributed by atoms with E-state index in [-0.39, 0.29) is 5.82 Å². The van der Waals surface area contributed by atoms with Crippen LogP contribution in [0.2, 0.25) is 0 Å². The van der Waals surface area contributed by atoms with Gasteiger partial charge in [0.05, 0.1) is 5.69 Å². The number of fused-ring (bicyclic) bond motifs is 2. The number of nitrogens with zero attached hydrogens (tertiary/aromatic N) is 5. The number of hydrogen-bond donors (Lipinski definition) is 3. The van der Waals surface area contributed by atoms with E-state index < -0.39 is 0 Å². The van der Waals surface area contributed by atoms with E-state index in [1.54, 1.807) is 6.20 Å². The van der Waals surface area contributed by atoms with Gasteiger partial charge in [0.1, 0.15) is 16.7 Å². The van der Waals surface area contributed by atoms with Gasteiger partial charge >= 0.3 is 0 Å². The third kappa shape index (κ3) is 4.76. The molecule has 2 fully saturated rings. The van der Waals surface area contributed by atoms with Crippen molar-refractivity contribution in [2.24, 2.45) is 5.92 Å². The molecule has 8 nitrogen and oxygen atoms in total. The Morgan fingerprint density at radius 1 is 1.00 bits per heavy atom. The monoisotopic (exact) mass is 524 g/mol. The van der Waals surface area contributed by atoms with Gasteiger partial charge in [-0.3, -0.25) is 10.1 Å². The zero-order valence-electron chi connectivity index (χ0n) is 22.0. The standard InChI is InChI=1S/C30H33FN8/c31-24-14-21(22-12-20(17-33-18-22)16-32-15-19-6-2-3-7-19)13-23-26(24)37-38-27(23)30-35-28-25(8-9-34-29(28)36-30)39-10-4-1-5-11-39/h8-9,12-14,17-19,32H,1-7,10-11,15-16H2,(H,37,38)(H,34,35,36). The Bertz CT molecular complexity index is 1610. The number of H-pyrrole nitrogens is 2. The van der Waals surface area contributed by atoms with E-state index in [4.69, 9.17) is 4.98 Å².